The maximum Gasteiger partial charge on any atom is 0.294 e. The molecule has 2 heterocycles. The van der Waals surface area contributed by atoms with Crippen molar-refractivity contribution in [2.24, 2.45) is 0 Å². The van der Waals surface area contributed by atoms with Crippen LogP contribution in [0.4, 0.5) is 17.1 Å². The third-order valence-corrected chi connectivity index (χ3v) is 7.11. The van der Waals surface area contributed by atoms with E-state index < -0.39 is 4.92 Å². The molecule has 33 heavy (non-hydrogen) atoms. The Kier molecular flexibility index (Phi) is 8.08. The first-order valence-corrected chi connectivity index (χ1v) is 12.6. The van der Waals surface area contributed by atoms with Crippen LogP contribution in [0.15, 0.2) is 42.5 Å². The molecular formula is C23H28ClN5O3S. The van der Waals surface area contributed by atoms with Crippen molar-refractivity contribution >= 4 is 46.3 Å². The van der Waals surface area contributed by atoms with E-state index in [2.05, 4.69) is 27.2 Å². The highest BCUT2D eigenvalue weighted by Crippen LogP contribution is 2.31. The molecule has 0 saturated carbocycles. The Bertz CT molecular complexity index is 994. The van der Waals surface area contributed by atoms with Crippen LogP contribution in [-0.4, -0.2) is 77.9 Å². The monoisotopic (exact) mass is 489 g/mol. The number of nitro benzene ring substituents is 1. The quantitative estimate of drug-likeness (QED) is 0.470. The molecule has 0 radical (unpaired) electrons. The smallest absolute Gasteiger partial charge is 0.294 e. The van der Waals surface area contributed by atoms with Crippen molar-refractivity contribution in [3.8, 4) is 0 Å². The summed E-state index contributed by atoms with van der Waals surface area (Å²) in [5.74, 6) is 2.30. The van der Waals surface area contributed by atoms with Crippen molar-refractivity contribution in [2.75, 3.05) is 67.5 Å². The van der Waals surface area contributed by atoms with E-state index in [4.69, 9.17) is 11.6 Å². The van der Waals surface area contributed by atoms with E-state index in [1.165, 1.54) is 23.1 Å². The SMILES string of the molecule is O=C(CN1CCN(c2ccc(Cl)cc2[N+](=O)[O-])CC1)Nc1cccc(CN2CCSCC2)c1. The van der Waals surface area contributed by atoms with Crippen LogP contribution in [0.2, 0.25) is 5.02 Å². The van der Waals surface area contributed by atoms with Crippen molar-refractivity contribution in [1.29, 1.82) is 0 Å². The van der Waals surface area contributed by atoms with Gasteiger partial charge in [-0.2, -0.15) is 11.8 Å². The zero-order chi connectivity index (χ0) is 23.2. The number of carbonyl (C=O) groups is 1. The molecule has 0 bridgehead atoms. The molecule has 176 valence electrons. The Hall–Kier alpha value is -2.33. The average molecular weight is 490 g/mol. The number of nitro groups is 1. The second kappa shape index (κ2) is 11.2. The Morgan fingerprint density at radius 1 is 1.03 bits per heavy atom. The summed E-state index contributed by atoms with van der Waals surface area (Å²) in [7, 11) is 0. The zero-order valence-electron chi connectivity index (χ0n) is 18.4. The largest absolute Gasteiger partial charge is 0.363 e. The van der Waals surface area contributed by atoms with E-state index in [-0.39, 0.29) is 11.6 Å². The fraction of sp³-hybridized carbons (Fsp3) is 0.435. The summed E-state index contributed by atoms with van der Waals surface area (Å²) in [6.45, 7) is 5.94. The number of hydrogen-bond acceptors (Lipinski definition) is 7. The van der Waals surface area contributed by atoms with Crippen LogP contribution in [0.5, 0.6) is 0 Å². The number of thioether (sulfide) groups is 1. The fourth-order valence-electron chi connectivity index (χ4n) is 4.23. The number of hydrogen-bond donors (Lipinski definition) is 1. The van der Waals surface area contributed by atoms with Gasteiger partial charge in [0.1, 0.15) is 5.69 Å². The Morgan fingerprint density at radius 2 is 1.79 bits per heavy atom. The number of nitrogens with one attached hydrogen (secondary N) is 1. The second-order valence-corrected chi connectivity index (χ2v) is 9.95. The van der Waals surface area contributed by atoms with Crippen LogP contribution in [-0.2, 0) is 11.3 Å². The van der Waals surface area contributed by atoms with Gasteiger partial charge in [-0.05, 0) is 29.8 Å². The number of halogens is 1. The number of carbonyl (C=O) groups excluding carboxylic acids is 1. The van der Waals surface area contributed by atoms with Gasteiger partial charge >= 0.3 is 0 Å². The van der Waals surface area contributed by atoms with Gasteiger partial charge in [0.25, 0.3) is 5.69 Å². The molecule has 1 N–H and O–H groups in total. The van der Waals surface area contributed by atoms with E-state index >= 15 is 0 Å². The van der Waals surface area contributed by atoms with Crippen LogP contribution < -0.4 is 10.2 Å². The van der Waals surface area contributed by atoms with E-state index in [1.807, 2.05) is 28.8 Å². The van der Waals surface area contributed by atoms with E-state index in [0.717, 1.165) is 25.3 Å². The average Bonchev–Trinajstić information content (AvgIpc) is 2.80. The molecule has 2 saturated heterocycles. The Balaban J connectivity index is 1.28. The second-order valence-electron chi connectivity index (χ2n) is 8.29. The van der Waals surface area contributed by atoms with Crippen LogP contribution in [0, 0.1) is 10.1 Å². The van der Waals surface area contributed by atoms with Crippen molar-refractivity contribution in [1.82, 2.24) is 9.80 Å². The molecule has 0 spiro atoms. The first-order chi connectivity index (χ1) is 16.0. The van der Waals surface area contributed by atoms with Gasteiger partial charge < -0.3 is 10.2 Å². The standard InChI is InChI=1S/C23H28ClN5O3S/c24-19-4-5-21(22(15-19)29(31)32)28-8-6-26(7-9-28)17-23(30)25-20-3-1-2-18(14-20)16-27-10-12-33-13-11-27/h1-5,14-15H,6-13,16-17H2,(H,25,30). The molecule has 2 aliphatic rings. The van der Waals surface area contributed by atoms with Gasteiger partial charge in [-0.15, -0.1) is 0 Å². The third-order valence-electron chi connectivity index (χ3n) is 5.93. The molecule has 2 aromatic carbocycles. The summed E-state index contributed by atoms with van der Waals surface area (Å²) < 4.78 is 0. The Morgan fingerprint density at radius 3 is 2.52 bits per heavy atom. The van der Waals surface area contributed by atoms with Gasteiger partial charge in [0.15, 0.2) is 0 Å². The number of nitrogens with zero attached hydrogens (tertiary/aromatic N) is 4. The van der Waals surface area contributed by atoms with Crippen LogP contribution in [0.25, 0.3) is 0 Å². The van der Waals surface area contributed by atoms with Crippen LogP contribution in [0.1, 0.15) is 5.56 Å². The van der Waals surface area contributed by atoms with E-state index in [0.29, 0.717) is 43.4 Å². The van der Waals surface area contributed by atoms with Gasteiger partial charge in [-0.1, -0.05) is 23.7 Å². The predicted octanol–water partition coefficient (Wildman–Crippen LogP) is 3.56. The van der Waals surface area contributed by atoms with Crippen molar-refractivity contribution in [2.45, 2.75) is 6.54 Å². The first kappa shape index (κ1) is 23.8. The molecule has 0 atom stereocenters. The van der Waals surface area contributed by atoms with Gasteiger partial charge in [-0.3, -0.25) is 24.7 Å². The van der Waals surface area contributed by atoms with Gasteiger partial charge in [0.2, 0.25) is 5.91 Å². The van der Waals surface area contributed by atoms with E-state index in [9.17, 15) is 14.9 Å². The lowest BCUT2D eigenvalue weighted by molar-refractivity contribution is -0.384. The number of rotatable bonds is 7. The van der Waals surface area contributed by atoms with Crippen molar-refractivity contribution in [3.63, 3.8) is 0 Å². The lowest BCUT2D eigenvalue weighted by Crippen LogP contribution is -2.48. The molecule has 2 aromatic rings. The fourth-order valence-corrected chi connectivity index (χ4v) is 5.37. The summed E-state index contributed by atoms with van der Waals surface area (Å²) in [5.41, 5.74) is 2.60. The minimum Gasteiger partial charge on any atom is -0.363 e. The molecule has 4 rings (SSSR count). The normalized spacial score (nSPS) is 17.7. The maximum absolute atomic E-state index is 12.6. The summed E-state index contributed by atoms with van der Waals surface area (Å²) in [4.78, 5) is 30.1. The van der Waals surface area contributed by atoms with Crippen LogP contribution in [0.3, 0.4) is 0 Å². The lowest BCUT2D eigenvalue weighted by Gasteiger charge is -2.35. The summed E-state index contributed by atoms with van der Waals surface area (Å²) in [6.07, 6.45) is 0. The molecule has 0 aromatic heterocycles. The summed E-state index contributed by atoms with van der Waals surface area (Å²) in [5, 5.41) is 14.8. The third kappa shape index (κ3) is 6.60. The molecule has 0 unspecified atom stereocenters. The number of amides is 1. The van der Waals surface area contributed by atoms with E-state index in [1.54, 1.807) is 12.1 Å². The topological polar surface area (TPSA) is 82.0 Å². The zero-order valence-corrected chi connectivity index (χ0v) is 20.0. The Labute approximate surface area is 203 Å². The highest BCUT2D eigenvalue weighted by Gasteiger charge is 2.25. The summed E-state index contributed by atoms with van der Waals surface area (Å²) in [6, 6.07) is 12.8. The predicted molar refractivity (Wildman–Crippen MR) is 134 cm³/mol. The highest BCUT2D eigenvalue weighted by molar-refractivity contribution is 7.99. The van der Waals surface area contributed by atoms with Crippen molar-refractivity contribution < 1.29 is 9.72 Å². The molecular weight excluding hydrogens is 462 g/mol. The van der Waals surface area contributed by atoms with Crippen LogP contribution >= 0.6 is 23.4 Å². The minimum absolute atomic E-state index is 0.0110. The maximum atomic E-state index is 12.6. The molecule has 8 nitrogen and oxygen atoms in total. The molecule has 10 heteroatoms. The highest BCUT2D eigenvalue weighted by atomic mass is 35.5. The van der Waals surface area contributed by atoms with Gasteiger partial charge in [0, 0.05) is 74.1 Å². The number of anilines is 2. The lowest BCUT2D eigenvalue weighted by atomic mass is 10.2. The minimum atomic E-state index is -0.403. The molecule has 0 aliphatic carbocycles. The van der Waals surface area contributed by atoms with Gasteiger partial charge in [0.05, 0.1) is 11.5 Å². The molecule has 1 amide bonds. The molecule has 2 fully saturated rings. The number of benzene rings is 2. The summed E-state index contributed by atoms with van der Waals surface area (Å²) >= 11 is 7.92. The number of piperazine rings is 1. The molecule has 2 aliphatic heterocycles. The van der Waals surface area contributed by atoms with Crippen molar-refractivity contribution in [3.05, 3.63) is 63.2 Å². The van der Waals surface area contributed by atoms with Gasteiger partial charge in [-0.25, -0.2) is 0 Å². The first-order valence-electron chi connectivity index (χ1n) is 11.1.